The highest BCUT2D eigenvalue weighted by Crippen LogP contribution is 2.27. The summed E-state index contributed by atoms with van der Waals surface area (Å²) in [4.78, 5) is 24.8. The van der Waals surface area contributed by atoms with Crippen molar-refractivity contribution in [2.75, 3.05) is 25.6 Å². The first-order chi connectivity index (χ1) is 13.0. The standard InChI is InChI=1S/C19H22ClN3O4/c1-27-12-6-5-11-22(14-15-7-3-2-4-8-15)19(24)21-16-9-10-17(20)18(13-16)23(25)26/h2-4,7-10,13H,5-6,11-12,14H2,1H3,(H,21,24). The first kappa shape index (κ1) is 20.7. The first-order valence-corrected chi connectivity index (χ1v) is 8.92. The van der Waals surface area contributed by atoms with E-state index in [-0.39, 0.29) is 16.7 Å². The van der Waals surface area contributed by atoms with Crippen LogP contribution < -0.4 is 5.32 Å². The lowest BCUT2D eigenvalue weighted by atomic mass is 10.2. The number of hydrogen-bond donors (Lipinski definition) is 1. The average molecular weight is 392 g/mol. The molecule has 0 heterocycles. The third-order valence-electron chi connectivity index (χ3n) is 3.92. The Hall–Kier alpha value is -2.64. The highest BCUT2D eigenvalue weighted by atomic mass is 35.5. The zero-order valence-corrected chi connectivity index (χ0v) is 15.8. The zero-order chi connectivity index (χ0) is 19.6. The molecule has 0 aliphatic heterocycles. The number of nitro groups is 1. The van der Waals surface area contributed by atoms with Crippen molar-refractivity contribution < 1.29 is 14.5 Å². The van der Waals surface area contributed by atoms with E-state index >= 15 is 0 Å². The van der Waals surface area contributed by atoms with Crippen molar-refractivity contribution in [3.8, 4) is 0 Å². The van der Waals surface area contributed by atoms with E-state index in [2.05, 4.69) is 5.32 Å². The second-order valence-corrected chi connectivity index (χ2v) is 6.37. The Morgan fingerprint density at radius 3 is 2.63 bits per heavy atom. The summed E-state index contributed by atoms with van der Waals surface area (Å²) in [6.45, 7) is 1.61. The topological polar surface area (TPSA) is 84.7 Å². The number of unbranched alkanes of at least 4 members (excludes halogenated alkanes) is 1. The molecule has 0 atom stereocenters. The van der Waals surface area contributed by atoms with Gasteiger partial charge in [-0.15, -0.1) is 0 Å². The molecule has 8 heteroatoms. The van der Waals surface area contributed by atoms with Crippen LogP contribution in [-0.4, -0.2) is 36.1 Å². The highest BCUT2D eigenvalue weighted by Gasteiger charge is 2.17. The van der Waals surface area contributed by atoms with E-state index in [1.165, 1.54) is 12.1 Å². The number of hydrogen-bond acceptors (Lipinski definition) is 4. The maximum Gasteiger partial charge on any atom is 0.322 e. The number of carbonyl (C=O) groups is 1. The number of halogens is 1. The van der Waals surface area contributed by atoms with E-state index < -0.39 is 4.92 Å². The van der Waals surface area contributed by atoms with E-state index in [0.29, 0.717) is 25.4 Å². The van der Waals surface area contributed by atoms with Crippen LogP contribution >= 0.6 is 11.6 Å². The van der Waals surface area contributed by atoms with Gasteiger partial charge in [0.25, 0.3) is 5.69 Å². The monoisotopic (exact) mass is 391 g/mol. The molecule has 2 rings (SSSR count). The number of nitrogens with zero attached hydrogens (tertiary/aromatic N) is 2. The molecular weight excluding hydrogens is 370 g/mol. The number of benzene rings is 2. The average Bonchev–Trinajstić information content (AvgIpc) is 2.66. The van der Waals surface area contributed by atoms with Crippen molar-refractivity contribution in [2.24, 2.45) is 0 Å². The van der Waals surface area contributed by atoms with Crippen molar-refractivity contribution in [3.05, 3.63) is 69.2 Å². The third-order valence-corrected chi connectivity index (χ3v) is 4.24. The molecule has 1 N–H and O–H groups in total. The minimum atomic E-state index is -0.579. The van der Waals surface area contributed by atoms with Crippen LogP contribution in [0.25, 0.3) is 0 Å². The van der Waals surface area contributed by atoms with Gasteiger partial charge < -0.3 is 15.0 Å². The van der Waals surface area contributed by atoms with Crippen molar-refractivity contribution in [2.45, 2.75) is 19.4 Å². The van der Waals surface area contributed by atoms with Crippen LogP contribution in [0.2, 0.25) is 5.02 Å². The van der Waals surface area contributed by atoms with Crippen LogP contribution in [-0.2, 0) is 11.3 Å². The summed E-state index contributed by atoms with van der Waals surface area (Å²) in [5, 5.41) is 13.8. The van der Waals surface area contributed by atoms with Gasteiger partial charge in [-0.05, 0) is 30.5 Å². The minimum absolute atomic E-state index is 0.0266. The number of rotatable bonds is 9. The van der Waals surface area contributed by atoms with Gasteiger partial charge in [0.05, 0.1) is 4.92 Å². The van der Waals surface area contributed by atoms with Crippen LogP contribution in [0.3, 0.4) is 0 Å². The Balaban J connectivity index is 2.10. The molecule has 0 radical (unpaired) electrons. The summed E-state index contributed by atoms with van der Waals surface area (Å²) < 4.78 is 5.05. The van der Waals surface area contributed by atoms with Crippen molar-refractivity contribution in [3.63, 3.8) is 0 Å². The van der Waals surface area contributed by atoms with Crippen molar-refractivity contribution in [1.82, 2.24) is 4.90 Å². The fourth-order valence-electron chi connectivity index (χ4n) is 2.54. The largest absolute Gasteiger partial charge is 0.385 e. The van der Waals surface area contributed by atoms with Gasteiger partial charge in [-0.2, -0.15) is 0 Å². The molecule has 0 aromatic heterocycles. The van der Waals surface area contributed by atoms with Crippen LogP contribution in [0.5, 0.6) is 0 Å². The number of anilines is 1. The van der Waals surface area contributed by atoms with Gasteiger partial charge >= 0.3 is 6.03 Å². The molecule has 0 saturated heterocycles. The van der Waals surface area contributed by atoms with Crippen LogP contribution in [0.15, 0.2) is 48.5 Å². The molecule has 0 aliphatic carbocycles. The lowest BCUT2D eigenvalue weighted by molar-refractivity contribution is -0.384. The van der Waals surface area contributed by atoms with E-state index in [9.17, 15) is 14.9 Å². The van der Waals surface area contributed by atoms with Gasteiger partial charge in [0.15, 0.2) is 0 Å². The van der Waals surface area contributed by atoms with Crippen molar-refractivity contribution >= 4 is 29.0 Å². The van der Waals surface area contributed by atoms with Gasteiger partial charge in [0, 0.05) is 38.6 Å². The number of methoxy groups -OCH3 is 1. The minimum Gasteiger partial charge on any atom is -0.385 e. The molecule has 144 valence electrons. The molecule has 0 saturated carbocycles. The van der Waals surface area contributed by atoms with Crippen LogP contribution in [0, 0.1) is 10.1 Å². The SMILES string of the molecule is COCCCCN(Cc1ccccc1)C(=O)Nc1ccc(Cl)c([N+](=O)[O-])c1. The zero-order valence-electron chi connectivity index (χ0n) is 15.1. The van der Waals surface area contributed by atoms with E-state index in [4.69, 9.17) is 16.3 Å². The van der Waals surface area contributed by atoms with Crippen molar-refractivity contribution in [1.29, 1.82) is 0 Å². The maximum atomic E-state index is 12.7. The maximum absolute atomic E-state index is 12.7. The number of urea groups is 1. The second kappa shape index (κ2) is 10.5. The fraction of sp³-hybridized carbons (Fsp3) is 0.316. The summed E-state index contributed by atoms with van der Waals surface area (Å²) in [5.41, 5.74) is 1.08. The predicted molar refractivity (Wildman–Crippen MR) is 105 cm³/mol. The third kappa shape index (κ3) is 6.54. The van der Waals surface area contributed by atoms with Gasteiger partial charge in [0.2, 0.25) is 0 Å². The van der Waals surface area contributed by atoms with E-state index in [0.717, 1.165) is 18.4 Å². The normalized spacial score (nSPS) is 10.4. The lowest BCUT2D eigenvalue weighted by Gasteiger charge is -2.23. The first-order valence-electron chi connectivity index (χ1n) is 8.54. The second-order valence-electron chi connectivity index (χ2n) is 5.96. The number of amides is 2. The molecule has 2 aromatic rings. The number of ether oxygens (including phenoxy) is 1. The van der Waals surface area contributed by atoms with Gasteiger partial charge in [-0.1, -0.05) is 41.9 Å². The molecule has 27 heavy (non-hydrogen) atoms. The number of carbonyl (C=O) groups excluding carboxylic acids is 1. The lowest BCUT2D eigenvalue weighted by Crippen LogP contribution is -2.35. The van der Waals surface area contributed by atoms with Gasteiger partial charge in [-0.25, -0.2) is 4.79 Å². The molecule has 0 aliphatic rings. The van der Waals surface area contributed by atoms with Gasteiger partial charge in [-0.3, -0.25) is 10.1 Å². The molecule has 0 bridgehead atoms. The Bertz CT molecular complexity index is 771. The van der Waals surface area contributed by atoms with Crippen LogP contribution in [0.1, 0.15) is 18.4 Å². The summed E-state index contributed by atoms with van der Waals surface area (Å²) in [5.74, 6) is 0. The quantitative estimate of drug-likeness (QED) is 0.381. The summed E-state index contributed by atoms with van der Waals surface area (Å²) >= 11 is 5.82. The molecule has 0 fully saturated rings. The summed E-state index contributed by atoms with van der Waals surface area (Å²) in [7, 11) is 1.64. The molecule has 2 aromatic carbocycles. The molecule has 0 spiro atoms. The summed E-state index contributed by atoms with van der Waals surface area (Å²) in [6.07, 6.45) is 1.62. The molecular formula is C19H22ClN3O4. The Morgan fingerprint density at radius 2 is 1.96 bits per heavy atom. The fourth-order valence-corrected chi connectivity index (χ4v) is 2.72. The van der Waals surface area contributed by atoms with E-state index in [1.54, 1.807) is 18.1 Å². The Morgan fingerprint density at radius 1 is 1.22 bits per heavy atom. The predicted octanol–water partition coefficient (Wildman–Crippen LogP) is 4.71. The van der Waals surface area contributed by atoms with E-state index in [1.807, 2.05) is 30.3 Å². The molecule has 7 nitrogen and oxygen atoms in total. The smallest absolute Gasteiger partial charge is 0.322 e. The van der Waals surface area contributed by atoms with Crippen LogP contribution in [0.4, 0.5) is 16.2 Å². The molecule has 2 amide bonds. The Kier molecular flexibility index (Phi) is 8.03. The highest BCUT2D eigenvalue weighted by molar-refractivity contribution is 6.32. The number of nitrogens with one attached hydrogen (secondary N) is 1. The Labute approximate surface area is 163 Å². The summed E-state index contributed by atoms with van der Waals surface area (Å²) in [6, 6.07) is 13.5. The number of nitro benzene ring substituents is 1. The molecule has 0 unspecified atom stereocenters. The van der Waals surface area contributed by atoms with Gasteiger partial charge in [0.1, 0.15) is 5.02 Å².